The molecule has 1 N–H and O–H groups in total. The fourth-order valence-corrected chi connectivity index (χ4v) is 3.36. The highest BCUT2D eigenvalue weighted by atomic mass is 35.5. The van der Waals surface area contributed by atoms with Gasteiger partial charge in [0.1, 0.15) is 0 Å². The maximum atomic E-state index is 11.8. The molecule has 4 nitrogen and oxygen atoms in total. The minimum Gasteiger partial charge on any atom is -0.469 e. The Bertz CT molecular complexity index is 700. The third-order valence-corrected chi connectivity index (χ3v) is 4.88. The Morgan fingerprint density at radius 2 is 2.14 bits per heavy atom. The normalized spacial score (nSPS) is 23.6. The number of methoxy groups -OCH3 is 1. The first-order chi connectivity index (χ1) is 10.00. The van der Waals surface area contributed by atoms with E-state index in [4.69, 9.17) is 27.9 Å². The van der Waals surface area contributed by atoms with Crippen LogP contribution >= 0.6 is 23.2 Å². The molecule has 1 unspecified atom stereocenters. The monoisotopic (exact) mass is 324 g/mol. The fourth-order valence-electron chi connectivity index (χ4n) is 2.75. The van der Waals surface area contributed by atoms with Crippen LogP contribution in [0.4, 0.5) is 0 Å². The predicted octanol–water partition coefficient (Wildman–Crippen LogP) is 2.77. The van der Waals surface area contributed by atoms with Crippen molar-refractivity contribution in [3.05, 3.63) is 42.1 Å². The number of hydrogen-bond acceptors (Lipinski definition) is 4. The van der Waals surface area contributed by atoms with Crippen LogP contribution in [0.3, 0.4) is 0 Å². The van der Waals surface area contributed by atoms with Crippen molar-refractivity contribution in [1.82, 2.24) is 10.3 Å². The third kappa shape index (κ3) is 2.18. The molecule has 0 saturated carbocycles. The van der Waals surface area contributed by atoms with E-state index in [-0.39, 0.29) is 12.4 Å². The number of nitrogens with one attached hydrogen (secondary N) is 1. The second-order valence-electron chi connectivity index (χ2n) is 5.10. The number of alkyl halides is 2. The van der Waals surface area contributed by atoms with Crippen LogP contribution in [0.1, 0.15) is 12.0 Å². The Labute approximate surface area is 132 Å². The summed E-state index contributed by atoms with van der Waals surface area (Å²) in [5.41, 5.74) is 0.695. The molecule has 1 atom stereocenters. The number of carbonyl (C=O) groups excluding carboxylic acids is 1. The van der Waals surface area contributed by atoms with Crippen LogP contribution in [0.5, 0.6) is 0 Å². The number of hydrogen-bond donors (Lipinski definition) is 1. The number of nitrogens with zero attached hydrogens (tertiary/aromatic N) is 1. The third-order valence-electron chi connectivity index (χ3n) is 3.97. The number of aromatic nitrogens is 1. The van der Waals surface area contributed by atoms with Gasteiger partial charge in [-0.15, -0.1) is 0 Å². The van der Waals surface area contributed by atoms with Crippen molar-refractivity contribution < 1.29 is 9.53 Å². The number of esters is 1. The Morgan fingerprint density at radius 1 is 1.38 bits per heavy atom. The number of ether oxygens (including phenoxy) is 1. The zero-order chi connectivity index (χ0) is 15.1. The van der Waals surface area contributed by atoms with Crippen molar-refractivity contribution in [1.29, 1.82) is 0 Å². The quantitative estimate of drug-likeness (QED) is 0.696. The molecule has 1 saturated heterocycles. The molecular formula is C15H14Cl2N2O2. The van der Waals surface area contributed by atoms with Crippen molar-refractivity contribution in [3.63, 3.8) is 0 Å². The molecule has 6 heteroatoms. The topological polar surface area (TPSA) is 51.2 Å². The first-order valence-corrected chi connectivity index (χ1v) is 7.30. The maximum Gasteiger partial charge on any atom is 0.307 e. The summed E-state index contributed by atoms with van der Waals surface area (Å²) in [6.45, 7) is 0.399. The van der Waals surface area contributed by atoms with Crippen LogP contribution in [-0.4, -0.2) is 28.9 Å². The molecule has 1 aromatic heterocycles. The van der Waals surface area contributed by atoms with E-state index in [0.717, 1.165) is 16.5 Å². The zero-order valence-corrected chi connectivity index (χ0v) is 12.9. The molecule has 110 valence electrons. The van der Waals surface area contributed by atoms with Crippen LogP contribution < -0.4 is 5.32 Å². The molecule has 0 bridgehead atoms. The highest BCUT2D eigenvalue weighted by Crippen LogP contribution is 2.51. The average molecular weight is 325 g/mol. The Hall–Kier alpha value is -1.36. The van der Waals surface area contributed by atoms with Crippen LogP contribution in [0.2, 0.25) is 0 Å². The summed E-state index contributed by atoms with van der Waals surface area (Å²) < 4.78 is 3.70. The molecule has 0 amide bonds. The number of rotatable bonds is 3. The molecule has 2 aromatic rings. The Kier molecular flexibility index (Phi) is 3.56. The lowest BCUT2D eigenvalue weighted by atomic mass is 9.76. The van der Waals surface area contributed by atoms with Crippen molar-refractivity contribution in [2.24, 2.45) is 0 Å². The van der Waals surface area contributed by atoms with E-state index >= 15 is 0 Å². The van der Waals surface area contributed by atoms with Gasteiger partial charge in [-0.25, -0.2) is 0 Å². The van der Waals surface area contributed by atoms with Crippen LogP contribution in [0.25, 0.3) is 10.9 Å². The Morgan fingerprint density at radius 3 is 2.76 bits per heavy atom. The van der Waals surface area contributed by atoms with Gasteiger partial charge in [0.2, 0.25) is 0 Å². The smallest absolute Gasteiger partial charge is 0.307 e. The van der Waals surface area contributed by atoms with Crippen molar-refractivity contribution in [2.45, 2.75) is 16.3 Å². The summed E-state index contributed by atoms with van der Waals surface area (Å²) in [4.78, 5) is 16.2. The lowest BCUT2D eigenvalue weighted by Crippen LogP contribution is -2.70. The molecule has 3 rings (SSSR count). The van der Waals surface area contributed by atoms with Gasteiger partial charge < -0.3 is 10.1 Å². The molecule has 0 radical (unpaired) electrons. The fraction of sp³-hybridized carbons (Fsp3) is 0.333. The lowest BCUT2D eigenvalue weighted by molar-refractivity contribution is -0.143. The zero-order valence-electron chi connectivity index (χ0n) is 11.4. The van der Waals surface area contributed by atoms with Gasteiger partial charge in [-0.3, -0.25) is 9.78 Å². The van der Waals surface area contributed by atoms with Gasteiger partial charge >= 0.3 is 5.97 Å². The number of para-hydroxylation sites is 1. The van der Waals surface area contributed by atoms with Gasteiger partial charge in [-0.2, -0.15) is 0 Å². The molecule has 21 heavy (non-hydrogen) atoms. The number of carbonyl (C=O) groups is 1. The van der Waals surface area contributed by atoms with Gasteiger partial charge in [0.25, 0.3) is 0 Å². The highest BCUT2D eigenvalue weighted by Gasteiger charge is 2.60. The first-order valence-electron chi connectivity index (χ1n) is 6.54. The predicted molar refractivity (Wildman–Crippen MR) is 82.5 cm³/mol. The molecular weight excluding hydrogens is 311 g/mol. The summed E-state index contributed by atoms with van der Waals surface area (Å²) in [6, 6.07) is 9.58. The second-order valence-corrected chi connectivity index (χ2v) is 6.58. The van der Waals surface area contributed by atoms with E-state index in [1.165, 1.54) is 7.11 Å². The first kappa shape index (κ1) is 14.6. The van der Waals surface area contributed by atoms with Gasteiger partial charge in [0, 0.05) is 23.7 Å². The van der Waals surface area contributed by atoms with Gasteiger partial charge in [-0.1, -0.05) is 47.5 Å². The van der Waals surface area contributed by atoms with E-state index < -0.39 is 9.87 Å². The molecule has 1 aromatic carbocycles. The van der Waals surface area contributed by atoms with E-state index in [1.807, 2.05) is 30.3 Å². The Balaban J connectivity index is 2.18. The molecule has 1 aliphatic rings. The molecule has 2 heterocycles. The van der Waals surface area contributed by atoms with Gasteiger partial charge in [-0.05, 0) is 6.07 Å². The van der Waals surface area contributed by atoms with E-state index in [9.17, 15) is 4.79 Å². The molecule has 0 aliphatic carbocycles. The van der Waals surface area contributed by atoms with E-state index in [0.29, 0.717) is 6.54 Å². The number of pyridine rings is 1. The van der Waals surface area contributed by atoms with Crippen LogP contribution in [0, 0.1) is 0 Å². The van der Waals surface area contributed by atoms with Crippen LogP contribution in [0.15, 0.2) is 36.5 Å². The number of benzene rings is 1. The van der Waals surface area contributed by atoms with E-state index in [2.05, 4.69) is 10.3 Å². The van der Waals surface area contributed by atoms with Crippen molar-refractivity contribution >= 4 is 40.1 Å². The summed E-state index contributed by atoms with van der Waals surface area (Å²) in [6.07, 6.45) is 1.76. The standard InChI is InChI=1S/C15H14Cl2N2O2/c1-21-12(20)8-14(15(16,17)9-19-14)11-6-2-4-10-5-3-7-18-13(10)11/h2-7,19H,8-9H2,1H3. The number of halogens is 2. The summed E-state index contributed by atoms with van der Waals surface area (Å²) in [5.74, 6) is -0.374. The largest absolute Gasteiger partial charge is 0.469 e. The second kappa shape index (κ2) is 5.13. The van der Waals surface area contributed by atoms with E-state index in [1.54, 1.807) is 6.20 Å². The maximum absolute atomic E-state index is 11.8. The van der Waals surface area contributed by atoms with Crippen molar-refractivity contribution in [3.8, 4) is 0 Å². The summed E-state index contributed by atoms with van der Waals surface area (Å²) in [5, 5.41) is 4.19. The summed E-state index contributed by atoms with van der Waals surface area (Å²) in [7, 11) is 1.35. The van der Waals surface area contributed by atoms with Gasteiger partial charge in [0.15, 0.2) is 4.33 Å². The summed E-state index contributed by atoms with van der Waals surface area (Å²) >= 11 is 12.9. The van der Waals surface area contributed by atoms with Crippen LogP contribution in [-0.2, 0) is 15.1 Å². The highest BCUT2D eigenvalue weighted by molar-refractivity contribution is 6.50. The lowest BCUT2D eigenvalue weighted by Gasteiger charge is -2.53. The molecule has 1 aliphatic heterocycles. The average Bonchev–Trinajstić information content (AvgIpc) is 2.50. The van der Waals surface area contributed by atoms with Gasteiger partial charge in [0.05, 0.1) is 24.6 Å². The van der Waals surface area contributed by atoms with Crippen molar-refractivity contribution in [2.75, 3.05) is 13.7 Å². The number of fused-ring (bicyclic) bond motifs is 1. The molecule has 1 fully saturated rings. The molecule has 0 spiro atoms. The SMILES string of the molecule is COC(=O)CC1(c2cccc3cccnc23)NCC1(Cl)Cl. The minimum atomic E-state index is -1.09. The minimum absolute atomic E-state index is 0.0478.